The van der Waals surface area contributed by atoms with E-state index in [0.29, 0.717) is 31.8 Å². The van der Waals surface area contributed by atoms with Gasteiger partial charge in [-0.2, -0.15) is 0 Å². The van der Waals surface area contributed by atoms with Crippen molar-refractivity contribution in [1.82, 2.24) is 9.97 Å². The van der Waals surface area contributed by atoms with Crippen molar-refractivity contribution in [2.45, 2.75) is 19.8 Å². The van der Waals surface area contributed by atoms with Crippen molar-refractivity contribution in [1.29, 1.82) is 0 Å². The van der Waals surface area contributed by atoms with Gasteiger partial charge < -0.3 is 20.8 Å². The number of hydrogen-bond acceptors (Lipinski definition) is 6. The van der Waals surface area contributed by atoms with Crippen LogP contribution in [0.2, 0.25) is 0 Å². The van der Waals surface area contributed by atoms with Gasteiger partial charge in [0.2, 0.25) is 0 Å². The van der Waals surface area contributed by atoms with Crippen LogP contribution in [0.1, 0.15) is 19.8 Å². The van der Waals surface area contributed by atoms with Gasteiger partial charge in [0.1, 0.15) is 5.69 Å². The Morgan fingerprint density at radius 2 is 2.41 bits per heavy atom. The monoisotopic (exact) mass is 240 g/mol. The third-order valence-electron chi connectivity index (χ3n) is 2.04. The summed E-state index contributed by atoms with van der Waals surface area (Å²) < 4.78 is 4.77. The lowest BCUT2D eigenvalue weighted by Gasteiger charge is -2.06. The molecule has 0 atom stereocenters. The van der Waals surface area contributed by atoms with Crippen LogP contribution in [0.15, 0.2) is 11.1 Å². The van der Waals surface area contributed by atoms with Crippen molar-refractivity contribution in [3.8, 4) is 0 Å². The second-order valence-corrected chi connectivity index (χ2v) is 3.33. The van der Waals surface area contributed by atoms with Crippen molar-refractivity contribution in [2.75, 3.05) is 24.2 Å². The van der Waals surface area contributed by atoms with Crippen molar-refractivity contribution in [3.05, 3.63) is 16.7 Å². The van der Waals surface area contributed by atoms with Gasteiger partial charge in [0, 0.05) is 13.0 Å². The van der Waals surface area contributed by atoms with Gasteiger partial charge in [0.05, 0.1) is 12.9 Å². The molecule has 7 nitrogen and oxygen atoms in total. The summed E-state index contributed by atoms with van der Waals surface area (Å²) in [6, 6.07) is 0. The predicted molar refractivity (Wildman–Crippen MR) is 63.6 cm³/mol. The molecule has 0 aromatic carbocycles. The van der Waals surface area contributed by atoms with E-state index in [2.05, 4.69) is 15.3 Å². The highest BCUT2D eigenvalue weighted by Gasteiger charge is 2.04. The smallest absolute Gasteiger partial charge is 0.305 e. The topological polar surface area (TPSA) is 110 Å². The zero-order chi connectivity index (χ0) is 12.7. The Labute approximate surface area is 98.4 Å². The molecule has 0 aliphatic heterocycles. The molecule has 94 valence electrons. The molecule has 0 amide bonds. The van der Waals surface area contributed by atoms with Crippen LogP contribution in [-0.4, -0.2) is 29.1 Å². The number of aromatic amines is 1. The van der Waals surface area contributed by atoms with Gasteiger partial charge in [-0.25, -0.2) is 4.98 Å². The van der Waals surface area contributed by atoms with Gasteiger partial charge in [-0.3, -0.25) is 9.59 Å². The maximum Gasteiger partial charge on any atom is 0.305 e. The molecule has 1 aromatic rings. The largest absolute Gasteiger partial charge is 0.466 e. The van der Waals surface area contributed by atoms with Crippen LogP contribution >= 0.6 is 0 Å². The van der Waals surface area contributed by atoms with Gasteiger partial charge in [-0.05, 0) is 13.3 Å². The van der Waals surface area contributed by atoms with Crippen LogP contribution in [0, 0.1) is 0 Å². The molecule has 1 heterocycles. The minimum absolute atomic E-state index is 0.0450. The number of nitrogens with one attached hydrogen (secondary N) is 2. The zero-order valence-corrected chi connectivity index (χ0v) is 9.66. The number of H-pyrrole nitrogens is 1. The average molecular weight is 240 g/mol. The summed E-state index contributed by atoms with van der Waals surface area (Å²) in [5, 5.41) is 2.89. The lowest BCUT2D eigenvalue weighted by atomic mass is 10.3. The minimum atomic E-state index is -0.382. The molecule has 0 aliphatic carbocycles. The number of nitrogens with zero attached hydrogens (tertiary/aromatic N) is 1. The molecule has 0 fully saturated rings. The summed E-state index contributed by atoms with van der Waals surface area (Å²) in [7, 11) is 0. The lowest BCUT2D eigenvalue weighted by molar-refractivity contribution is -0.143. The van der Waals surface area contributed by atoms with Gasteiger partial charge in [0.25, 0.3) is 5.56 Å². The number of carbonyl (C=O) groups excluding carboxylic acids is 1. The number of hydrogen-bond donors (Lipinski definition) is 3. The highest BCUT2D eigenvalue weighted by Crippen LogP contribution is 2.07. The number of nitrogen functional groups attached to an aromatic ring is 1. The fourth-order valence-corrected chi connectivity index (χ4v) is 1.22. The van der Waals surface area contributed by atoms with Crippen LogP contribution in [-0.2, 0) is 9.53 Å². The summed E-state index contributed by atoms with van der Waals surface area (Å²) in [5.41, 5.74) is 5.18. The van der Waals surface area contributed by atoms with Crippen LogP contribution < -0.4 is 16.6 Å². The van der Waals surface area contributed by atoms with Crippen molar-refractivity contribution >= 4 is 17.5 Å². The van der Waals surface area contributed by atoms with E-state index < -0.39 is 0 Å². The van der Waals surface area contributed by atoms with E-state index in [1.54, 1.807) is 6.92 Å². The highest BCUT2D eigenvalue weighted by atomic mass is 16.5. The first kappa shape index (κ1) is 13.0. The standard InChI is InChI=1S/C10H16N4O3/c1-2-17-7(15)4-3-5-12-9-8(11)10(16)14-6-13-9/h6H,2-5,11H2,1H3,(H2,12,13,14,16). The summed E-state index contributed by atoms with van der Waals surface area (Å²) >= 11 is 0. The second kappa shape index (κ2) is 6.51. The summed E-state index contributed by atoms with van der Waals surface area (Å²) in [6.45, 7) is 2.64. The minimum Gasteiger partial charge on any atom is -0.466 e. The van der Waals surface area contributed by atoms with Crippen molar-refractivity contribution in [3.63, 3.8) is 0 Å². The maximum atomic E-state index is 11.1. The average Bonchev–Trinajstić information content (AvgIpc) is 2.30. The van der Waals surface area contributed by atoms with Crippen molar-refractivity contribution in [2.24, 2.45) is 0 Å². The molecule has 0 radical (unpaired) electrons. The van der Waals surface area contributed by atoms with Gasteiger partial charge >= 0.3 is 5.97 Å². The Morgan fingerprint density at radius 1 is 1.65 bits per heavy atom. The Kier molecular flexibility index (Phi) is 4.99. The van der Waals surface area contributed by atoms with Gasteiger partial charge in [0.15, 0.2) is 5.82 Å². The van der Waals surface area contributed by atoms with E-state index in [1.165, 1.54) is 6.33 Å². The predicted octanol–water partition coefficient (Wildman–Crippen LogP) is 0.107. The van der Waals surface area contributed by atoms with E-state index >= 15 is 0 Å². The van der Waals surface area contributed by atoms with Crippen LogP contribution in [0.4, 0.5) is 11.5 Å². The fraction of sp³-hybridized carbons (Fsp3) is 0.500. The Morgan fingerprint density at radius 3 is 3.12 bits per heavy atom. The number of nitrogens with two attached hydrogens (primary N) is 1. The third kappa shape index (κ3) is 4.13. The Bertz CT molecular complexity index is 430. The number of carbonyl (C=O) groups is 1. The first-order chi connectivity index (χ1) is 8.15. The number of anilines is 2. The molecule has 0 aliphatic rings. The molecule has 1 rings (SSSR count). The van der Waals surface area contributed by atoms with Gasteiger partial charge in [-0.1, -0.05) is 0 Å². The Balaban J connectivity index is 2.34. The number of esters is 1. The van der Waals surface area contributed by atoms with Crippen molar-refractivity contribution < 1.29 is 9.53 Å². The van der Waals surface area contributed by atoms with E-state index in [4.69, 9.17) is 10.5 Å². The number of ether oxygens (including phenoxy) is 1. The summed E-state index contributed by atoms with van der Waals surface area (Å²) in [6.07, 6.45) is 2.18. The molecule has 1 aromatic heterocycles. The molecule has 17 heavy (non-hydrogen) atoms. The zero-order valence-electron chi connectivity index (χ0n) is 9.66. The number of aromatic nitrogens is 2. The molecule has 0 unspecified atom stereocenters. The molecule has 4 N–H and O–H groups in total. The third-order valence-corrected chi connectivity index (χ3v) is 2.04. The SMILES string of the molecule is CCOC(=O)CCCNc1nc[nH]c(=O)c1N. The molecular formula is C10H16N4O3. The normalized spacial score (nSPS) is 9.94. The lowest BCUT2D eigenvalue weighted by Crippen LogP contribution is -2.17. The van der Waals surface area contributed by atoms with Crippen LogP contribution in [0.5, 0.6) is 0 Å². The Hall–Kier alpha value is -2.05. The van der Waals surface area contributed by atoms with Crippen LogP contribution in [0.3, 0.4) is 0 Å². The quantitative estimate of drug-likeness (QED) is 0.480. The highest BCUT2D eigenvalue weighted by molar-refractivity contribution is 5.69. The second-order valence-electron chi connectivity index (χ2n) is 3.33. The first-order valence-corrected chi connectivity index (χ1v) is 5.37. The van der Waals surface area contributed by atoms with Gasteiger partial charge in [-0.15, -0.1) is 0 Å². The summed E-state index contributed by atoms with van der Waals surface area (Å²) in [5.74, 6) is 0.0961. The number of rotatable bonds is 6. The molecular weight excluding hydrogens is 224 g/mol. The fourth-order valence-electron chi connectivity index (χ4n) is 1.22. The van der Waals surface area contributed by atoms with E-state index in [-0.39, 0.29) is 17.2 Å². The maximum absolute atomic E-state index is 11.1. The first-order valence-electron chi connectivity index (χ1n) is 5.37. The van der Waals surface area contributed by atoms with Crippen LogP contribution in [0.25, 0.3) is 0 Å². The van der Waals surface area contributed by atoms with E-state index in [0.717, 1.165) is 0 Å². The molecule has 0 saturated carbocycles. The molecule has 7 heteroatoms. The molecule has 0 saturated heterocycles. The van der Waals surface area contributed by atoms with E-state index in [1.807, 2.05) is 0 Å². The van der Waals surface area contributed by atoms with E-state index in [9.17, 15) is 9.59 Å². The molecule has 0 bridgehead atoms. The summed E-state index contributed by atoms with van der Waals surface area (Å²) in [4.78, 5) is 28.4. The molecule has 0 spiro atoms.